The number of carboxylic acid groups (broad SMARTS) is 1. The summed E-state index contributed by atoms with van der Waals surface area (Å²) in [7, 11) is 0. The minimum Gasteiger partial charge on any atom is -0.476 e. The summed E-state index contributed by atoms with van der Waals surface area (Å²) < 4.78 is 1.31. The van der Waals surface area contributed by atoms with Crippen molar-refractivity contribution < 1.29 is 14.7 Å². The zero-order chi connectivity index (χ0) is 16.1. The van der Waals surface area contributed by atoms with E-state index < -0.39 is 5.97 Å². The molecule has 1 aliphatic heterocycles. The summed E-state index contributed by atoms with van der Waals surface area (Å²) in [6.45, 7) is 7.61. The highest BCUT2D eigenvalue weighted by Crippen LogP contribution is 2.52. The molecule has 7 heteroatoms. The molecule has 1 aliphatic carbocycles. The van der Waals surface area contributed by atoms with E-state index in [-0.39, 0.29) is 35.0 Å². The van der Waals surface area contributed by atoms with Gasteiger partial charge in [-0.3, -0.25) is 4.79 Å². The van der Waals surface area contributed by atoms with Gasteiger partial charge in [0.1, 0.15) is 6.54 Å². The predicted octanol–water partition coefficient (Wildman–Crippen LogP) is 1.40. The van der Waals surface area contributed by atoms with Gasteiger partial charge in [-0.05, 0) is 30.1 Å². The number of nitrogens with zero attached hydrogens (tertiary/aromatic N) is 4. The lowest BCUT2D eigenvalue weighted by Crippen LogP contribution is -2.39. The maximum Gasteiger partial charge on any atom is 0.358 e. The summed E-state index contributed by atoms with van der Waals surface area (Å²) in [4.78, 5) is 25.3. The minimum atomic E-state index is -1.13. The van der Waals surface area contributed by atoms with Gasteiger partial charge in [-0.1, -0.05) is 26.0 Å². The molecule has 0 spiro atoms. The summed E-state index contributed by atoms with van der Waals surface area (Å²) in [6, 6.07) is 0.281. The molecular formula is C15H22N4O3. The summed E-state index contributed by atoms with van der Waals surface area (Å²) >= 11 is 0. The molecule has 1 N–H and O–H groups in total. The van der Waals surface area contributed by atoms with Crippen LogP contribution in [0.1, 0.15) is 50.5 Å². The van der Waals surface area contributed by atoms with E-state index in [1.54, 1.807) is 0 Å². The maximum atomic E-state index is 12.6. The van der Waals surface area contributed by atoms with Gasteiger partial charge in [0.05, 0.1) is 6.20 Å². The number of likely N-dealkylation sites (tertiary alicyclic amines) is 1. The molecule has 3 rings (SSSR count). The first-order valence-electron chi connectivity index (χ1n) is 7.60. The average Bonchev–Trinajstić information content (AvgIpc) is 2.90. The van der Waals surface area contributed by atoms with Gasteiger partial charge in [-0.15, -0.1) is 5.10 Å². The van der Waals surface area contributed by atoms with E-state index in [9.17, 15) is 9.59 Å². The van der Waals surface area contributed by atoms with E-state index in [2.05, 4.69) is 31.1 Å². The maximum absolute atomic E-state index is 12.6. The topological polar surface area (TPSA) is 88.3 Å². The van der Waals surface area contributed by atoms with Crippen LogP contribution in [0.4, 0.5) is 0 Å². The number of rotatable bonds is 3. The second-order valence-electron chi connectivity index (χ2n) is 7.84. The smallest absolute Gasteiger partial charge is 0.358 e. The van der Waals surface area contributed by atoms with Crippen LogP contribution >= 0.6 is 0 Å². The Morgan fingerprint density at radius 1 is 1.36 bits per heavy atom. The van der Waals surface area contributed by atoms with Crippen molar-refractivity contribution in [1.29, 1.82) is 0 Å². The molecular weight excluding hydrogens is 284 g/mol. The lowest BCUT2D eigenvalue weighted by molar-refractivity contribution is -0.133. The van der Waals surface area contributed by atoms with E-state index in [1.807, 2.05) is 4.90 Å². The molecule has 2 heterocycles. The van der Waals surface area contributed by atoms with Gasteiger partial charge in [-0.2, -0.15) is 0 Å². The molecule has 2 bridgehead atoms. The van der Waals surface area contributed by atoms with Crippen molar-refractivity contribution in [2.45, 2.75) is 52.6 Å². The Morgan fingerprint density at radius 2 is 2.09 bits per heavy atom. The highest BCUT2D eigenvalue weighted by Gasteiger charge is 2.50. The van der Waals surface area contributed by atoms with Crippen LogP contribution in [0.15, 0.2) is 6.20 Å². The second-order valence-corrected chi connectivity index (χ2v) is 7.84. The molecule has 2 unspecified atom stereocenters. The second kappa shape index (κ2) is 4.79. The molecule has 1 aromatic heterocycles. The number of amides is 1. The molecule has 0 radical (unpaired) electrons. The number of aromatic nitrogens is 3. The van der Waals surface area contributed by atoms with Gasteiger partial charge in [0.15, 0.2) is 5.69 Å². The van der Waals surface area contributed by atoms with Gasteiger partial charge >= 0.3 is 5.97 Å². The highest BCUT2D eigenvalue weighted by molar-refractivity contribution is 5.84. The molecule has 1 saturated heterocycles. The number of fused-ring (bicyclic) bond motifs is 2. The molecule has 120 valence electrons. The third-order valence-electron chi connectivity index (χ3n) is 4.79. The van der Waals surface area contributed by atoms with E-state index >= 15 is 0 Å². The fourth-order valence-electron chi connectivity index (χ4n) is 4.45. The first kappa shape index (κ1) is 15.0. The number of carbonyl (C=O) groups is 2. The average molecular weight is 306 g/mol. The van der Waals surface area contributed by atoms with Crippen molar-refractivity contribution in [2.75, 3.05) is 6.54 Å². The van der Waals surface area contributed by atoms with Crippen molar-refractivity contribution in [3.8, 4) is 0 Å². The number of hydrogen-bond acceptors (Lipinski definition) is 4. The van der Waals surface area contributed by atoms with Crippen molar-refractivity contribution in [3.63, 3.8) is 0 Å². The fraction of sp³-hybridized carbons (Fsp3) is 0.733. The van der Waals surface area contributed by atoms with E-state index in [0.717, 1.165) is 25.8 Å². The van der Waals surface area contributed by atoms with Crippen LogP contribution in [-0.4, -0.2) is 49.5 Å². The lowest BCUT2D eigenvalue weighted by atomic mass is 9.65. The number of carbonyl (C=O) groups excluding carboxylic acids is 1. The third kappa shape index (κ3) is 2.71. The van der Waals surface area contributed by atoms with Crippen LogP contribution < -0.4 is 0 Å². The van der Waals surface area contributed by atoms with Gasteiger partial charge < -0.3 is 10.0 Å². The Bertz CT molecular complexity index is 624. The predicted molar refractivity (Wildman–Crippen MR) is 78.2 cm³/mol. The van der Waals surface area contributed by atoms with Gasteiger partial charge in [-0.25, -0.2) is 9.48 Å². The standard InChI is InChI=1S/C15H22N4O3/c1-14(2)4-10-5-15(3,8-14)9-19(10)12(20)7-18-6-11(13(21)22)16-17-18/h6,10H,4-5,7-9H2,1-3H3,(H,21,22). The van der Waals surface area contributed by atoms with Crippen LogP contribution in [-0.2, 0) is 11.3 Å². The quantitative estimate of drug-likeness (QED) is 0.912. The first-order chi connectivity index (χ1) is 10.2. The Morgan fingerprint density at radius 3 is 2.73 bits per heavy atom. The SMILES string of the molecule is CC1(C)CC2CC(C)(CN2C(=O)Cn2cc(C(=O)O)nn2)C1. The van der Waals surface area contributed by atoms with Gasteiger partial charge in [0, 0.05) is 12.6 Å². The number of carboxylic acids is 1. The molecule has 0 aromatic carbocycles. The minimum absolute atomic E-state index is 0.00624. The molecule has 2 aliphatic rings. The van der Waals surface area contributed by atoms with Crippen LogP contribution in [0.2, 0.25) is 0 Å². The van der Waals surface area contributed by atoms with Crippen LogP contribution in [0.25, 0.3) is 0 Å². The Labute approximate surface area is 129 Å². The van der Waals surface area contributed by atoms with Crippen molar-refractivity contribution in [3.05, 3.63) is 11.9 Å². The van der Waals surface area contributed by atoms with Crippen molar-refractivity contribution in [2.24, 2.45) is 10.8 Å². The van der Waals surface area contributed by atoms with Crippen LogP contribution in [0.3, 0.4) is 0 Å². The zero-order valence-electron chi connectivity index (χ0n) is 13.2. The summed E-state index contributed by atoms with van der Waals surface area (Å²) in [5, 5.41) is 16.1. The summed E-state index contributed by atoms with van der Waals surface area (Å²) in [5.74, 6) is -1.14. The Hall–Kier alpha value is -1.92. The molecule has 2 fully saturated rings. The number of hydrogen-bond donors (Lipinski definition) is 1. The van der Waals surface area contributed by atoms with Crippen molar-refractivity contribution in [1.82, 2.24) is 19.9 Å². The zero-order valence-corrected chi connectivity index (χ0v) is 13.2. The monoisotopic (exact) mass is 306 g/mol. The Balaban J connectivity index is 1.72. The highest BCUT2D eigenvalue weighted by atomic mass is 16.4. The summed E-state index contributed by atoms with van der Waals surface area (Å²) in [5.41, 5.74) is 0.314. The lowest BCUT2D eigenvalue weighted by Gasteiger charge is -2.39. The van der Waals surface area contributed by atoms with Gasteiger partial charge in [0.2, 0.25) is 5.91 Å². The first-order valence-corrected chi connectivity index (χ1v) is 7.60. The van der Waals surface area contributed by atoms with Gasteiger partial charge in [0.25, 0.3) is 0 Å². The van der Waals surface area contributed by atoms with E-state index in [1.165, 1.54) is 10.9 Å². The molecule has 1 amide bonds. The van der Waals surface area contributed by atoms with Crippen molar-refractivity contribution >= 4 is 11.9 Å². The fourth-order valence-corrected chi connectivity index (χ4v) is 4.45. The Kier molecular flexibility index (Phi) is 3.27. The van der Waals surface area contributed by atoms with Crippen LogP contribution in [0, 0.1) is 10.8 Å². The third-order valence-corrected chi connectivity index (χ3v) is 4.79. The summed E-state index contributed by atoms with van der Waals surface area (Å²) in [6.07, 6.45) is 4.51. The molecule has 22 heavy (non-hydrogen) atoms. The number of aromatic carboxylic acids is 1. The van der Waals surface area contributed by atoms with E-state index in [4.69, 9.17) is 5.11 Å². The molecule has 1 aromatic rings. The largest absolute Gasteiger partial charge is 0.476 e. The molecule has 1 saturated carbocycles. The van der Waals surface area contributed by atoms with Crippen LogP contribution in [0.5, 0.6) is 0 Å². The molecule has 2 atom stereocenters. The van der Waals surface area contributed by atoms with E-state index in [0.29, 0.717) is 0 Å². The normalized spacial score (nSPS) is 29.6. The molecule has 7 nitrogen and oxygen atoms in total.